The maximum atomic E-state index is 12.4. The van der Waals surface area contributed by atoms with Crippen LogP contribution in [0, 0.1) is 5.92 Å². The summed E-state index contributed by atoms with van der Waals surface area (Å²) < 4.78 is 10.9. The summed E-state index contributed by atoms with van der Waals surface area (Å²) >= 11 is 0. The molecule has 2 aliphatic heterocycles. The van der Waals surface area contributed by atoms with Crippen LogP contribution in [0.1, 0.15) is 40.0 Å². The van der Waals surface area contributed by atoms with Gasteiger partial charge in [-0.2, -0.15) is 0 Å². The summed E-state index contributed by atoms with van der Waals surface area (Å²) in [7, 11) is 0. The third kappa shape index (κ3) is 2.75. The topological polar surface area (TPSA) is 76.1 Å². The van der Waals surface area contributed by atoms with Gasteiger partial charge in [0.1, 0.15) is 5.60 Å². The number of rotatable bonds is 1. The van der Waals surface area contributed by atoms with E-state index in [1.54, 1.807) is 25.7 Å². The average Bonchev–Trinajstić information content (AvgIpc) is 2.71. The predicted molar refractivity (Wildman–Crippen MR) is 71.5 cm³/mol. The quantitative estimate of drug-likeness (QED) is 0.796. The van der Waals surface area contributed by atoms with Gasteiger partial charge in [0.15, 0.2) is 0 Å². The van der Waals surface area contributed by atoms with E-state index in [2.05, 4.69) is 0 Å². The molecule has 0 aromatic heterocycles. The molecule has 114 valence electrons. The lowest BCUT2D eigenvalue weighted by Gasteiger charge is -2.45. The van der Waals surface area contributed by atoms with Crippen molar-refractivity contribution in [2.24, 2.45) is 5.92 Å². The van der Waals surface area contributed by atoms with Gasteiger partial charge in [0.05, 0.1) is 18.1 Å². The van der Waals surface area contributed by atoms with Gasteiger partial charge in [-0.3, -0.25) is 9.69 Å². The highest BCUT2D eigenvalue weighted by Gasteiger charge is 2.54. The Morgan fingerprint density at radius 3 is 2.70 bits per heavy atom. The van der Waals surface area contributed by atoms with Crippen molar-refractivity contribution in [3.05, 3.63) is 0 Å². The highest BCUT2D eigenvalue weighted by Crippen LogP contribution is 2.41. The summed E-state index contributed by atoms with van der Waals surface area (Å²) in [6, 6.07) is 0. The van der Waals surface area contributed by atoms with Crippen LogP contribution in [-0.4, -0.2) is 53.0 Å². The number of aliphatic carboxylic acids is 1. The van der Waals surface area contributed by atoms with Gasteiger partial charge in [-0.1, -0.05) is 0 Å². The Morgan fingerprint density at radius 1 is 1.40 bits per heavy atom. The Bertz CT molecular complexity index is 403. The molecule has 20 heavy (non-hydrogen) atoms. The van der Waals surface area contributed by atoms with Crippen LogP contribution >= 0.6 is 0 Å². The Balaban J connectivity index is 2.23. The molecule has 0 aromatic rings. The van der Waals surface area contributed by atoms with Gasteiger partial charge < -0.3 is 14.6 Å². The van der Waals surface area contributed by atoms with Crippen LogP contribution in [0.15, 0.2) is 0 Å². The van der Waals surface area contributed by atoms with E-state index in [1.807, 2.05) is 0 Å². The zero-order valence-electron chi connectivity index (χ0n) is 12.3. The van der Waals surface area contributed by atoms with Crippen LogP contribution in [0.4, 0.5) is 4.79 Å². The fraction of sp³-hybridized carbons (Fsp3) is 0.857. The minimum Gasteiger partial charge on any atom is -0.481 e. The summed E-state index contributed by atoms with van der Waals surface area (Å²) in [5.74, 6) is -1.44. The molecular formula is C14H23NO5. The molecule has 0 radical (unpaired) electrons. The number of nitrogens with zero attached hydrogens (tertiary/aromatic N) is 1. The van der Waals surface area contributed by atoms with Gasteiger partial charge in [-0.25, -0.2) is 4.79 Å². The van der Waals surface area contributed by atoms with Crippen molar-refractivity contribution in [2.75, 3.05) is 19.8 Å². The van der Waals surface area contributed by atoms with Crippen molar-refractivity contribution in [3.8, 4) is 0 Å². The fourth-order valence-electron chi connectivity index (χ4n) is 3.18. The van der Waals surface area contributed by atoms with Crippen LogP contribution in [0.3, 0.4) is 0 Å². The van der Waals surface area contributed by atoms with Crippen LogP contribution in [0.2, 0.25) is 0 Å². The molecule has 1 N–H and O–H groups in total. The van der Waals surface area contributed by atoms with Crippen LogP contribution < -0.4 is 0 Å². The molecule has 1 amide bonds. The summed E-state index contributed by atoms with van der Waals surface area (Å²) in [6.45, 7) is 6.66. The molecule has 2 saturated heterocycles. The van der Waals surface area contributed by atoms with Crippen molar-refractivity contribution in [1.29, 1.82) is 0 Å². The van der Waals surface area contributed by atoms with E-state index >= 15 is 0 Å². The molecule has 2 fully saturated rings. The van der Waals surface area contributed by atoms with E-state index in [0.29, 0.717) is 26.0 Å². The molecular weight excluding hydrogens is 262 g/mol. The molecule has 0 aromatic carbocycles. The number of hydrogen-bond donors (Lipinski definition) is 1. The van der Waals surface area contributed by atoms with E-state index in [9.17, 15) is 14.7 Å². The number of ether oxygens (including phenoxy) is 2. The van der Waals surface area contributed by atoms with Gasteiger partial charge in [0.25, 0.3) is 0 Å². The van der Waals surface area contributed by atoms with Crippen molar-refractivity contribution >= 4 is 12.1 Å². The summed E-state index contributed by atoms with van der Waals surface area (Å²) in [4.78, 5) is 25.5. The summed E-state index contributed by atoms with van der Waals surface area (Å²) in [5.41, 5.74) is -1.33. The highest BCUT2D eigenvalue weighted by molar-refractivity contribution is 5.76. The maximum absolute atomic E-state index is 12.4. The minimum atomic E-state index is -0.858. The number of amides is 1. The second-order valence-corrected chi connectivity index (χ2v) is 6.57. The molecule has 2 rings (SSSR count). The number of likely N-dealkylation sites (tertiary alicyclic amines) is 1. The molecule has 0 saturated carbocycles. The monoisotopic (exact) mass is 285 g/mol. The Hall–Kier alpha value is -1.30. The zero-order chi connectivity index (χ0) is 15.0. The first kappa shape index (κ1) is 15.1. The van der Waals surface area contributed by atoms with E-state index < -0.39 is 29.1 Å². The molecule has 2 unspecified atom stereocenters. The van der Waals surface area contributed by atoms with Crippen molar-refractivity contribution in [2.45, 2.75) is 51.2 Å². The first-order valence-electron chi connectivity index (χ1n) is 7.07. The Labute approximate surface area is 119 Å². The molecule has 2 aliphatic rings. The van der Waals surface area contributed by atoms with Crippen molar-refractivity contribution in [1.82, 2.24) is 4.90 Å². The molecule has 6 nitrogen and oxygen atoms in total. The molecule has 2 heterocycles. The molecule has 2 atom stereocenters. The Kier molecular flexibility index (Phi) is 3.95. The SMILES string of the molecule is CC(C)(C)OC(=O)N1CCCC12COCCC2C(=O)O. The number of carboxylic acids is 1. The van der Waals surface area contributed by atoms with E-state index in [4.69, 9.17) is 9.47 Å². The largest absolute Gasteiger partial charge is 0.481 e. The average molecular weight is 285 g/mol. The predicted octanol–water partition coefficient (Wildman–Crippen LogP) is 1.88. The van der Waals surface area contributed by atoms with Crippen LogP contribution in [0.25, 0.3) is 0 Å². The zero-order valence-corrected chi connectivity index (χ0v) is 12.3. The lowest BCUT2D eigenvalue weighted by atomic mass is 9.78. The highest BCUT2D eigenvalue weighted by atomic mass is 16.6. The smallest absolute Gasteiger partial charge is 0.410 e. The number of carboxylic acid groups (broad SMARTS) is 1. The van der Waals surface area contributed by atoms with Crippen LogP contribution in [0.5, 0.6) is 0 Å². The normalized spacial score (nSPS) is 30.6. The molecule has 0 aliphatic carbocycles. The van der Waals surface area contributed by atoms with Gasteiger partial charge in [-0.15, -0.1) is 0 Å². The van der Waals surface area contributed by atoms with E-state index in [-0.39, 0.29) is 6.61 Å². The number of hydrogen-bond acceptors (Lipinski definition) is 4. The first-order chi connectivity index (χ1) is 9.26. The van der Waals surface area contributed by atoms with E-state index in [1.165, 1.54) is 0 Å². The van der Waals surface area contributed by atoms with Crippen molar-refractivity contribution < 1.29 is 24.2 Å². The Morgan fingerprint density at radius 2 is 2.10 bits per heavy atom. The molecule has 0 bridgehead atoms. The second kappa shape index (κ2) is 5.24. The molecule has 6 heteroatoms. The second-order valence-electron chi connectivity index (χ2n) is 6.57. The number of carbonyl (C=O) groups is 2. The third-order valence-electron chi connectivity index (χ3n) is 3.99. The van der Waals surface area contributed by atoms with E-state index in [0.717, 1.165) is 6.42 Å². The summed E-state index contributed by atoms with van der Waals surface area (Å²) in [6.07, 6.45) is 1.44. The maximum Gasteiger partial charge on any atom is 0.410 e. The molecule has 1 spiro atoms. The summed E-state index contributed by atoms with van der Waals surface area (Å²) in [5, 5.41) is 9.46. The van der Waals surface area contributed by atoms with Gasteiger partial charge in [-0.05, 0) is 40.0 Å². The fourth-order valence-corrected chi connectivity index (χ4v) is 3.18. The van der Waals surface area contributed by atoms with Gasteiger partial charge >= 0.3 is 12.1 Å². The van der Waals surface area contributed by atoms with Crippen LogP contribution in [-0.2, 0) is 14.3 Å². The van der Waals surface area contributed by atoms with Gasteiger partial charge in [0, 0.05) is 13.2 Å². The standard InChI is InChI=1S/C14H23NO5/c1-13(2,3)20-12(18)15-7-4-6-14(15)9-19-8-5-10(14)11(16)17/h10H,4-9H2,1-3H3,(H,16,17). The lowest BCUT2D eigenvalue weighted by molar-refractivity contribution is -0.155. The minimum absolute atomic E-state index is 0.281. The third-order valence-corrected chi connectivity index (χ3v) is 3.99. The number of carbonyl (C=O) groups excluding carboxylic acids is 1. The van der Waals surface area contributed by atoms with Crippen molar-refractivity contribution in [3.63, 3.8) is 0 Å². The van der Waals surface area contributed by atoms with Gasteiger partial charge in [0.2, 0.25) is 0 Å². The lowest BCUT2D eigenvalue weighted by Crippen LogP contribution is -2.60. The first-order valence-corrected chi connectivity index (χ1v) is 7.07.